The molecule has 38 heavy (non-hydrogen) atoms. The topological polar surface area (TPSA) is 61.4 Å². The molecule has 4 nitrogen and oxygen atoms in total. The minimum atomic E-state index is -4.56. The number of carboxylic acid groups (broad SMARTS) is 1. The zero-order chi connectivity index (χ0) is 27.1. The van der Waals surface area contributed by atoms with Gasteiger partial charge in [-0.3, -0.25) is 0 Å². The molecule has 2 bridgehead atoms. The maximum atomic E-state index is 13.7. The summed E-state index contributed by atoms with van der Waals surface area (Å²) in [6.45, 7) is 4.71. The first-order chi connectivity index (χ1) is 18.0. The number of alkyl halides is 3. The van der Waals surface area contributed by atoms with Crippen LogP contribution in [0.2, 0.25) is 0 Å². The molecular formula is C31H33F3N2O2. The van der Waals surface area contributed by atoms with E-state index in [0.29, 0.717) is 5.69 Å². The highest BCUT2D eigenvalue weighted by atomic mass is 19.4. The van der Waals surface area contributed by atoms with E-state index in [9.17, 15) is 23.1 Å². The molecule has 2 aliphatic rings. The van der Waals surface area contributed by atoms with Crippen molar-refractivity contribution < 1.29 is 23.1 Å². The molecule has 0 radical (unpaired) electrons. The summed E-state index contributed by atoms with van der Waals surface area (Å²) in [5, 5.41) is 15.4. The van der Waals surface area contributed by atoms with Crippen LogP contribution in [0.15, 0.2) is 66.7 Å². The number of hydrogen-bond donors (Lipinski definition) is 3. The summed E-state index contributed by atoms with van der Waals surface area (Å²) in [7, 11) is 0. The first-order valence-corrected chi connectivity index (χ1v) is 13.2. The van der Waals surface area contributed by atoms with Crippen molar-refractivity contribution in [3.05, 3.63) is 83.4 Å². The maximum absolute atomic E-state index is 13.7. The van der Waals surface area contributed by atoms with E-state index >= 15 is 0 Å². The molecule has 2 fully saturated rings. The molecule has 3 aromatic carbocycles. The van der Waals surface area contributed by atoms with Gasteiger partial charge in [0, 0.05) is 17.1 Å². The van der Waals surface area contributed by atoms with Crippen LogP contribution in [-0.2, 0) is 11.6 Å². The first kappa shape index (κ1) is 26.1. The predicted molar refractivity (Wildman–Crippen MR) is 144 cm³/mol. The van der Waals surface area contributed by atoms with E-state index < -0.39 is 17.7 Å². The highest BCUT2D eigenvalue weighted by Gasteiger charge is 2.41. The van der Waals surface area contributed by atoms with Gasteiger partial charge in [-0.1, -0.05) is 38.1 Å². The van der Waals surface area contributed by atoms with Crippen molar-refractivity contribution in [2.24, 2.45) is 17.8 Å². The summed E-state index contributed by atoms with van der Waals surface area (Å²) in [6, 6.07) is 17.8. The van der Waals surface area contributed by atoms with Crippen LogP contribution in [0.4, 0.5) is 35.9 Å². The molecule has 0 aromatic heterocycles. The fraction of sp³-hybridized carbons (Fsp3) is 0.387. The molecule has 200 valence electrons. The Bertz CT molecular complexity index is 1300. The average molecular weight is 523 g/mol. The maximum Gasteiger partial charge on any atom is 0.416 e. The third-order valence-corrected chi connectivity index (χ3v) is 8.18. The predicted octanol–water partition coefficient (Wildman–Crippen LogP) is 8.99. The van der Waals surface area contributed by atoms with E-state index in [0.717, 1.165) is 29.9 Å². The number of aromatic carboxylic acids is 1. The van der Waals surface area contributed by atoms with Crippen molar-refractivity contribution in [3.8, 4) is 0 Å². The van der Waals surface area contributed by atoms with Crippen LogP contribution in [0.5, 0.6) is 0 Å². The average Bonchev–Trinajstić information content (AvgIpc) is 2.83. The Kier molecular flexibility index (Phi) is 6.88. The van der Waals surface area contributed by atoms with Gasteiger partial charge < -0.3 is 15.7 Å². The van der Waals surface area contributed by atoms with Crippen molar-refractivity contribution in [2.75, 3.05) is 10.6 Å². The summed E-state index contributed by atoms with van der Waals surface area (Å²) in [6.07, 6.45) is 1.74. The van der Waals surface area contributed by atoms with Gasteiger partial charge in [0.15, 0.2) is 0 Å². The van der Waals surface area contributed by atoms with Crippen LogP contribution in [0.25, 0.3) is 0 Å². The fourth-order valence-corrected chi connectivity index (χ4v) is 6.82. The minimum absolute atomic E-state index is 0.0233. The van der Waals surface area contributed by atoms with Crippen LogP contribution in [0.3, 0.4) is 0 Å². The van der Waals surface area contributed by atoms with Crippen LogP contribution in [0, 0.1) is 17.8 Å². The SMILES string of the molecule is CC1CC2CC(C1)CC(C)(c1ccc(Nc3cc(Nc4ccccc4C(=O)O)cc(C(F)(F)F)c3)cc1)C2. The van der Waals surface area contributed by atoms with E-state index in [-0.39, 0.29) is 28.0 Å². The molecular weight excluding hydrogens is 489 g/mol. The number of benzene rings is 3. The molecule has 2 saturated carbocycles. The Morgan fingerprint density at radius 2 is 1.47 bits per heavy atom. The van der Waals surface area contributed by atoms with Gasteiger partial charge in [0.25, 0.3) is 0 Å². The number of anilines is 4. The van der Waals surface area contributed by atoms with Crippen molar-refractivity contribution in [2.45, 2.75) is 57.5 Å². The normalized spacial score (nSPS) is 25.0. The quantitative estimate of drug-likeness (QED) is 0.302. The van der Waals surface area contributed by atoms with Crippen molar-refractivity contribution >= 4 is 28.7 Å². The number of hydrogen-bond acceptors (Lipinski definition) is 3. The van der Waals surface area contributed by atoms with E-state index in [1.165, 1.54) is 49.8 Å². The molecule has 0 spiro atoms. The van der Waals surface area contributed by atoms with Gasteiger partial charge in [-0.05, 0) is 103 Å². The van der Waals surface area contributed by atoms with Crippen molar-refractivity contribution in [3.63, 3.8) is 0 Å². The summed E-state index contributed by atoms with van der Waals surface area (Å²) >= 11 is 0. The van der Waals surface area contributed by atoms with Gasteiger partial charge in [-0.25, -0.2) is 4.79 Å². The number of fused-ring (bicyclic) bond motifs is 2. The molecule has 0 heterocycles. The second kappa shape index (κ2) is 10.0. The van der Waals surface area contributed by atoms with Gasteiger partial charge in [0.1, 0.15) is 0 Å². The van der Waals surface area contributed by atoms with Crippen molar-refractivity contribution in [1.82, 2.24) is 0 Å². The molecule has 0 aliphatic heterocycles. The summed E-state index contributed by atoms with van der Waals surface area (Å²) in [5.41, 5.74) is 1.86. The number of nitrogens with one attached hydrogen (secondary N) is 2. The Morgan fingerprint density at radius 1 is 0.868 bits per heavy atom. The third kappa shape index (κ3) is 5.66. The Hall–Kier alpha value is -3.48. The number of rotatable bonds is 6. The number of carboxylic acids is 1. The first-order valence-electron chi connectivity index (χ1n) is 13.2. The number of para-hydroxylation sites is 1. The van der Waals surface area contributed by atoms with Crippen LogP contribution < -0.4 is 10.6 Å². The summed E-state index contributed by atoms with van der Waals surface area (Å²) in [4.78, 5) is 11.5. The largest absolute Gasteiger partial charge is 0.478 e. The summed E-state index contributed by atoms with van der Waals surface area (Å²) in [5.74, 6) is 1.17. The van der Waals surface area contributed by atoms with Crippen molar-refractivity contribution in [1.29, 1.82) is 0 Å². The molecule has 3 N–H and O–H groups in total. The summed E-state index contributed by atoms with van der Waals surface area (Å²) < 4.78 is 41.1. The molecule has 2 aliphatic carbocycles. The van der Waals surface area contributed by atoms with Crippen LogP contribution in [0.1, 0.15) is 67.4 Å². The van der Waals surface area contributed by atoms with E-state index in [2.05, 4.69) is 36.6 Å². The molecule has 0 saturated heterocycles. The number of halogens is 3. The highest BCUT2D eigenvalue weighted by Crippen LogP contribution is 2.51. The van der Waals surface area contributed by atoms with Crippen LogP contribution in [-0.4, -0.2) is 11.1 Å². The van der Waals surface area contributed by atoms with Gasteiger partial charge in [-0.15, -0.1) is 0 Å². The second-order valence-electron chi connectivity index (χ2n) is 11.5. The molecule has 3 aromatic rings. The molecule has 5 rings (SSSR count). The Morgan fingerprint density at radius 3 is 2.08 bits per heavy atom. The lowest BCUT2D eigenvalue weighted by molar-refractivity contribution is -0.137. The monoisotopic (exact) mass is 522 g/mol. The molecule has 7 heteroatoms. The Labute approximate surface area is 221 Å². The third-order valence-electron chi connectivity index (χ3n) is 8.18. The van der Waals surface area contributed by atoms with E-state index in [1.54, 1.807) is 18.2 Å². The van der Waals surface area contributed by atoms with Gasteiger partial charge in [0.2, 0.25) is 0 Å². The lowest BCUT2D eigenvalue weighted by Gasteiger charge is -2.47. The lowest BCUT2D eigenvalue weighted by atomic mass is 9.57. The Balaban J connectivity index is 1.38. The molecule has 2 unspecified atom stereocenters. The van der Waals surface area contributed by atoms with Crippen LogP contribution >= 0.6 is 0 Å². The standard InChI is InChI=1S/C31H33F3N2O2/c1-19-11-20-13-21(12-19)18-30(2,17-20)22-7-9-24(10-8-22)35-25-14-23(31(32,33)34)15-26(16-25)36-28-6-4-3-5-27(28)29(37)38/h3-10,14-16,19-21,35-36H,11-13,17-18H2,1-2H3,(H,37,38). The highest BCUT2D eigenvalue weighted by molar-refractivity contribution is 5.95. The number of carbonyl (C=O) groups is 1. The smallest absolute Gasteiger partial charge is 0.416 e. The van der Waals surface area contributed by atoms with Gasteiger partial charge >= 0.3 is 12.1 Å². The molecule has 0 amide bonds. The van der Waals surface area contributed by atoms with E-state index in [4.69, 9.17) is 0 Å². The zero-order valence-electron chi connectivity index (χ0n) is 21.6. The minimum Gasteiger partial charge on any atom is -0.478 e. The fourth-order valence-electron chi connectivity index (χ4n) is 6.82. The second-order valence-corrected chi connectivity index (χ2v) is 11.5. The lowest BCUT2D eigenvalue weighted by Crippen LogP contribution is -2.38. The van der Waals surface area contributed by atoms with Gasteiger partial charge in [-0.2, -0.15) is 13.2 Å². The van der Waals surface area contributed by atoms with Gasteiger partial charge in [0.05, 0.1) is 16.8 Å². The molecule has 2 atom stereocenters. The van der Waals surface area contributed by atoms with E-state index in [1.807, 2.05) is 12.1 Å². The zero-order valence-corrected chi connectivity index (χ0v) is 21.6.